The predicted molar refractivity (Wildman–Crippen MR) is 62.9 cm³/mol. The highest BCUT2D eigenvalue weighted by Crippen LogP contribution is 2.17. The zero-order chi connectivity index (χ0) is 12.4. The van der Waals surface area contributed by atoms with Crippen LogP contribution >= 0.6 is 15.9 Å². The first kappa shape index (κ1) is 11.4. The Labute approximate surface area is 105 Å². The van der Waals surface area contributed by atoms with Crippen molar-refractivity contribution in [1.82, 2.24) is 9.78 Å². The first-order chi connectivity index (χ1) is 8.13. The second-order valence-electron chi connectivity index (χ2n) is 3.21. The summed E-state index contributed by atoms with van der Waals surface area (Å²) in [4.78, 5) is 10.9. The molecule has 0 aliphatic rings. The van der Waals surface area contributed by atoms with Crippen LogP contribution in [-0.4, -0.2) is 20.9 Å². The maximum atomic E-state index is 10.9. The molecule has 0 unspecified atom stereocenters. The molecule has 0 radical (unpaired) electrons. The second-order valence-corrected chi connectivity index (χ2v) is 4.13. The third kappa shape index (κ3) is 2.05. The minimum Gasteiger partial charge on any atom is -0.478 e. The molecule has 1 aromatic carbocycles. The van der Waals surface area contributed by atoms with E-state index in [1.807, 2.05) is 6.07 Å². The molecule has 5 nitrogen and oxygen atoms in total. The molecule has 0 aliphatic carbocycles. The molecule has 0 amide bonds. The Bertz CT molecular complexity index is 611. The van der Waals surface area contributed by atoms with Crippen molar-refractivity contribution in [2.24, 2.45) is 0 Å². The summed E-state index contributed by atoms with van der Waals surface area (Å²) in [6, 6.07) is 8.91. The average molecular weight is 292 g/mol. The first-order valence-electron chi connectivity index (χ1n) is 4.61. The molecule has 0 spiro atoms. The van der Waals surface area contributed by atoms with Crippen molar-refractivity contribution in [3.8, 4) is 11.8 Å². The number of nitriles is 1. The van der Waals surface area contributed by atoms with Gasteiger partial charge in [0.2, 0.25) is 0 Å². The van der Waals surface area contributed by atoms with Crippen LogP contribution in [0.4, 0.5) is 0 Å². The maximum absolute atomic E-state index is 10.9. The lowest BCUT2D eigenvalue weighted by molar-refractivity contribution is 0.0696. The largest absolute Gasteiger partial charge is 0.478 e. The van der Waals surface area contributed by atoms with Gasteiger partial charge in [-0.05, 0) is 24.3 Å². The van der Waals surface area contributed by atoms with Gasteiger partial charge in [0.15, 0.2) is 5.69 Å². The molecule has 1 N–H and O–H groups in total. The highest BCUT2D eigenvalue weighted by Gasteiger charge is 2.17. The van der Waals surface area contributed by atoms with Gasteiger partial charge in [-0.15, -0.1) is 0 Å². The fourth-order valence-electron chi connectivity index (χ4n) is 1.39. The van der Waals surface area contributed by atoms with Crippen molar-refractivity contribution in [2.45, 2.75) is 0 Å². The summed E-state index contributed by atoms with van der Waals surface area (Å²) >= 11 is 3.29. The van der Waals surface area contributed by atoms with Gasteiger partial charge < -0.3 is 5.11 Å². The highest BCUT2D eigenvalue weighted by atomic mass is 79.9. The topological polar surface area (TPSA) is 78.9 Å². The van der Waals surface area contributed by atoms with Gasteiger partial charge >= 0.3 is 5.97 Å². The Balaban J connectivity index is 2.57. The molecule has 0 aliphatic heterocycles. The average Bonchev–Trinajstić information content (AvgIpc) is 2.73. The molecule has 6 heteroatoms. The van der Waals surface area contributed by atoms with Crippen LogP contribution in [0, 0.1) is 11.3 Å². The van der Waals surface area contributed by atoms with Gasteiger partial charge in [-0.2, -0.15) is 10.4 Å². The lowest BCUT2D eigenvalue weighted by atomic mass is 10.2. The SMILES string of the molecule is N#Cc1c(C(=O)O)cnn1-c1ccc(Br)cc1. The number of carboxylic acid groups (broad SMARTS) is 1. The van der Waals surface area contributed by atoms with E-state index in [9.17, 15) is 4.79 Å². The van der Waals surface area contributed by atoms with E-state index in [0.717, 1.165) is 4.47 Å². The third-order valence-electron chi connectivity index (χ3n) is 2.18. The predicted octanol–water partition coefficient (Wildman–Crippen LogP) is 2.20. The first-order valence-corrected chi connectivity index (χ1v) is 5.40. The second kappa shape index (κ2) is 4.39. The van der Waals surface area contributed by atoms with E-state index in [4.69, 9.17) is 10.4 Å². The highest BCUT2D eigenvalue weighted by molar-refractivity contribution is 9.10. The number of carbonyl (C=O) groups is 1. The molecular weight excluding hydrogens is 286 g/mol. The fraction of sp³-hybridized carbons (Fsp3) is 0. The van der Waals surface area contributed by atoms with Crippen molar-refractivity contribution in [3.05, 3.63) is 46.2 Å². The quantitative estimate of drug-likeness (QED) is 0.920. The number of rotatable bonds is 2. The van der Waals surface area contributed by atoms with Crippen LogP contribution in [0.15, 0.2) is 34.9 Å². The minimum absolute atomic E-state index is 0.0137. The molecule has 0 saturated carbocycles. The summed E-state index contributed by atoms with van der Waals surface area (Å²) < 4.78 is 2.20. The number of aromatic nitrogens is 2. The number of carboxylic acids is 1. The summed E-state index contributed by atoms with van der Waals surface area (Å²) in [5.41, 5.74) is 0.549. The number of hydrogen-bond donors (Lipinski definition) is 1. The monoisotopic (exact) mass is 291 g/mol. The fourth-order valence-corrected chi connectivity index (χ4v) is 1.65. The van der Waals surface area contributed by atoms with Crippen LogP contribution in [0.1, 0.15) is 16.1 Å². The summed E-state index contributed by atoms with van der Waals surface area (Å²) in [5, 5.41) is 21.8. The van der Waals surface area contributed by atoms with Crippen molar-refractivity contribution < 1.29 is 9.90 Å². The van der Waals surface area contributed by atoms with Gasteiger partial charge in [0.05, 0.1) is 11.9 Å². The lowest BCUT2D eigenvalue weighted by Gasteiger charge is -2.02. The minimum atomic E-state index is -1.16. The summed E-state index contributed by atoms with van der Waals surface area (Å²) in [6.07, 6.45) is 1.17. The van der Waals surface area contributed by atoms with E-state index in [1.54, 1.807) is 24.3 Å². The zero-order valence-electron chi connectivity index (χ0n) is 8.46. The van der Waals surface area contributed by atoms with Crippen molar-refractivity contribution in [2.75, 3.05) is 0 Å². The van der Waals surface area contributed by atoms with Crippen LogP contribution in [0.25, 0.3) is 5.69 Å². The number of nitrogens with zero attached hydrogens (tertiary/aromatic N) is 3. The normalized spacial score (nSPS) is 9.88. The molecule has 0 bridgehead atoms. The summed E-state index contributed by atoms with van der Waals surface area (Å²) in [7, 11) is 0. The third-order valence-corrected chi connectivity index (χ3v) is 2.71. The van der Waals surface area contributed by atoms with Gasteiger partial charge in [0.1, 0.15) is 11.6 Å². The van der Waals surface area contributed by atoms with Crippen molar-refractivity contribution in [1.29, 1.82) is 5.26 Å². The molecule has 17 heavy (non-hydrogen) atoms. The molecule has 2 rings (SSSR count). The van der Waals surface area contributed by atoms with Gasteiger partial charge in [-0.1, -0.05) is 15.9 Å². The van der Waals surface area contributed by atoms with Gasteiger partial charge in [0.25, 0.3) is 0 Å². The van der Waals surface area contributed by atoms with E-state index in [-0.39, 0.29) is 11.3 Å². The van der Waals surface area contributed by atoms with Crippen LogP contribution < -0.4 is 0 Å². The van der Waals surface area contributed by atoms with Crippen molar-refractivity contribution >= 4 is 21.9 Å². The Morgan fingerprint density at radius 3 is 2.59 bits per heavy atom. The molecule has 1 heterocycles. The van der Waals surface area contributed by atoms with E-state index >= 15 is 0 Å². The van der Waals surface area contributed by atoms with Gasteiger partial charge in [-0.3, -0.25) is 0 Å². The standard InChI is InChI=1S/C11H6BrN3O2/c12-7-1-3-8(4-2-7)15-10(5-13)9(6-14-15)11(16)17/h1-4,6H,(H,16,17). The Kier molecular flexibility index (Phi) is 2.93. The maximum Gasteiger partial charge on any atom is 0.340 e. The van der Waals surface area contributed by atoms with Crippen LogP contribution in [0.2, 0.25) is 0 Å². The van der Waals surface area contributed by atoms with E-state index in [1.165, 1.54) is 10.9 Å². The lowest BCUT2D eigenvalue weighted by Crippen LogP contribution is -2.03. The van der Waals surface area contributed by atoms with E-state index in [0.29, 0.717) is 5.69 Å². The molecule has 2 aromatic rings. The number of halogens is 1. The summed E-state index contributed by atoms with van der Waals surface area (Å²) in [5.74, 6) is -1.16. The Morgan fingerprint density at radius 1 is 1.41 bits per heavy atom. The van der Waals surface area contributed by atoms with Gasteiger partial charge in [-0.25, -0.2) is 9.48 Å². The number of hydrogen-bond acceptors (Lipinski definition) is 3. The molecule has 84 valence electrons. The molecular formula is C11H6BrN3O2. The Hall–Kier alpha value is -2.13. The molecule has 0 atom stereocenters. The Morgan fingerprint density at radius 2 is 2.06 bits per heavy atom. The molecule has 1 aromatic heterocycles. The molecule has 0 fully saturated rings. The van der Waals surface area contributed by atoms with Crippen LogP contribution in [0.5, 0.6) is 0 Å². The smallest absolute Gasteiger partial charge is 0.340 e. The van der Waals surface area contributed by atoms with Crippen LogP contribution in [-0.2, 0) is 0 Å². The zero-order valence-corrected chi connectivity index (χ0v) is 10.0. The van der Waals surface area contributed by atoms with Crippen molar-refractivity contribution in [3.63, 3.8) is 0 Å². The summed E-state index contributed by atoms with van der Waals surface area (Å²) in [6.45, 7) is 0. The van der Waals surface area contributed by atoms with Crippen LogP contribution in [0.3, 0.4) is 0 Å². The number of benzene rings is 1. The molecule has 0 saturated heterocycles. The van der Waals surface area contributed by atoms with Gasteiger partial charge in [0, 0.05) is 4.47 Å². The van der Waals surface area contributed by atoms with E-state index in [2.05, 4.69) is 21.0 Å². The number of aromatic carboxylic acids is 1. The van der Waals surface area contributed by atoms with E-state index < -0.39 is 5.97 Å².